The van der Waals surface area contributed by atoms with Crippen molar-refractivity contribution < 1.29 is 4.74 Å². The number of ether oxygens (including phenoxy) is 1. The average molecular weight is 323 g/mol. The van der Waals surface area contributed by atoms with Crippen LogP contribution in [0.15, 0.2) is 60.7 Å². The molecule has 0 heterocycles. The SMILES string of the molecule is ClCC(CCl)(COCc1ccccc1)Cc1ccccc1. The van der Waals surface area contributed by atoms with E-state index in [0.29, 0.717) is 25.0 Å². The summed E-state index contributed by atoms with van der Waals surface area (Å²) in [7, 11) is 0. The second kappa shape index (κ2) is 8.43. The highest BCUT2D eigenvalue weighted by Crippen LogP contribution is 2.27. The molecule has 0 aliphatic heterocycles. The van der Waals surface area contributed by atoms with Gasteiger partial charge >= 0.3 is 0 Å². The fourth-order valence-electron chi connectivity index (χ4n) is 2.25. The minimum absolute atomic E-state index is 0.223. The molecule has 0 spiro atoms. The maximum absolute atomic E-state index is 6.19. The van der Waals surface area contributed by atoms with Crippen molar-refractivity contribution in [2.24, 2.45) is 5.41 Å². The first-order chi connectivity index (χ1) is 10.3. The van der Waals surface area contributed by atoms with E-state index in [4.69, 9.17) is 27.9 Å². The number of alkyl halides is 2. The molecule has 0 unspecified atom stereocenters. The number of hydrogen-bond donors (Lipinski definition) is 0. The van der Waals surface area contributed by atoms with Gasteiger partial charge in [0.2, 0.25) is 0 Å². The van der Waals surface area contributed by atoms with E-state index in [1.807, 2.05) is 36.4 Å². The predicted molar refractivity (Wildman–Crippen MR) is 90.1 cm³/mol. The zero-order chi connectivity index (χ0) is 15.0. The summed E-state index contributed by atoms with van der Waals surface area (Å²) in [4.78, 5) is 0. The van der Waals surface area contributed by atoms with Gasteiger partial charge in [-0.3, -0.25) is 0 Å². The quantitative estimate of drug-likeness (QED) is 0.627. The van der Waals surface area contributed by atoms with Crippen molar-refractivity contribution in [3.63, 3.8) is 0 Å². The number of hydrogen-bond acceptors (Lipinski definition) is 1. The van der Waals surface area contributed by atoms with Crippen molar-refractivity contribution >= 4 is 23.2 Å². The minimum Gasteiger partial charge on any atom is -0.376 e. The second-order valence-electron chi connectivity index (χ2n) is 5.41. The lowest BCUT2D eigenvalue weighted by Crippen LogP contribution is -2.33. The van der Waals surface area contributed by atoms with Gasteiger partial charge in [-0.15, -0.1) is 23.2 Å². The summed E-state index contributed by atoms with van der Waals surface area (Å²) in [6, 6.07) is 20.4. The van der Waals surface area contributed by atoms with Gasteiger partial charge < -0.3 is 4.74 Å². The topological polar surface area (TPSA) is 9.23 Å². The van der Waals surface area contributed by atoms with Gasteiger partial charge in [0.1, 0.15) is 0 Å². The predicted octanol–water partition coefficient (Wildman–Crippen LogP) is 4.91. The number of halogens is 2. The van der Waals surface area contributed by atoms with Crippen LogP contribution < -0.4 is 0 Å². The maximum Gasteiger partial charge on any atom is 0.0717 e. The van der Waals surface area contributed by atoms with E-state index >= 15 is 0 Å². The fraction of sp³-hybridized carbons (Fsp3) is 0.333. The number of rotatable bonds is 8. The van der Waals surface area contributed by atoms with E-state index in [1.54, 1.807) is 0 Å². The van der Waals surface area contributed by atoms with Gasteiger partial charge in [-0.2, -0.15) is 0 Å². The smallest absolute Gasteiger partial charge is 0.0717 e. The first-order valence-corrected chi connectivity index (χ1v) is 8.12. The fourth-order valence-corrected chi connectivity index (χ4v) is 2.88. The Labute approximate surface area is 136 Å². The molecule has 0 aliphatic rings. The second-order valence-corrected chi connectivity index (χ2v) is 5.94. The Kier molecular flexibility index (Phi) is 6.56. The molecule has 2 aromatic carbocycles. The van der Waals surface area contributed by atoms with Crippen LogP contribution in [-0.4, -0.2) is 18.4 Å². The van der Waals surface area contributed by atoms with Crippen molar-refractivity contribution in [3.8, 4) is 0 Å². The summed E-state index contributed by atoms with van der Waals surface area (Å²) in [5, 5.41) is 0. The van der Waals surface area contributed by atoms with Crippen molar-refractivity contribution in [1.29, 1.82) is 0 Å². The van der Waals surface area contributed by atoms with Gasteiger partial charge in [0, 0.05) is 17.2 Å². The highest BCUT2D eigenvalue weighted by Gasteiger charge is 2.29. The first kappa shape index (κ1) is 16.4. The summed E-state index contributed by atoms with van der Waals surface area (Å²) < 4.78 is 5.87. The molecule has 0 amide bonds. The van der Waals surface area contributed by atoms with Gasteiger partial charge in [0.25, 0.3) is 0 Å². The molecular formula is C18H20Cl2O. The molecule has 2 aromatic rings. The summed E-state index contributed by atoms with van der Waals surface area (Å²) in [5.41, 5.74) is 2.18. The van der Waals surface area contributed by atoms with Crippen molar-refractivity contribution in [3.05, 3.63) is 71.8 Å². The molecule has 0 atom stereocenters. The monoisotopic (exact) mass is 322 g/mol. The molecular weight excluding hydrogens is 303 g/mol. The minimum atomic E-state index is -0.223. The van der Waals surface area contributed by atoms with E-state index in [2.05, 4.69) is 24.3 Å². The molecule has 112 valence electrons. The third-order valence-corrected chi connectivity index (χ3v) is 4.64. The molecule has 0 fully saturated rings. The molecule has 0 bridgehead atoms. The Bertz CT molecular complexity index is 509. The third-order valence-electron chi connectivity index (χ3n) is 3.51. The van der Waals surface area contributed by atoms with E-state index in [1.165, 1.54) is 5.56 Å². The van der Waals surface area contributed by atoms with Gasteiger partial charge in [-0.25, -0.2) is 0 Å². The third kappa shape index (κ3) is 5.03. The Morgan fingerprint density at radius 1 is 0.762 bits per heavy atom. The van der Waals surface area contributed by atoms with Crippen molar-refractivity contribution in [1.82, 2.24) is 0 Å². The zero-order valence-electron chi connectivity index (χ0n) is 12.0. The Morgan fingerprint density at radius 2 is 1.29 bits per heavy atom. The lowest BCUT2D eigenvalue weighted by atomic mass is 9.86. The Balaban J connectivity index is 1.94. The van der Waals surface area contributed by atoms with Crippen LogP contribution in [0.5, 0.6) is 0 Å². The van der Waals surface area contributed by atoms with Gasteiger partial charge in [-0.1, -0.05) is 60.7 Å². The molecule has 0 saturated heterocycles. The van der Waals surface area contributed by atoms with Crippen LogP contribution >= 0.6 is 23.2 Å². The summed E-state index contributed by atoms with van der Waals surface area (Å²) in [6.45, 7) is 1.15. The molecule has 3 heteroatoms. The highest BCUT2D eigenvalue weighted by atomic mass is 35.5. The normalized spacial score (nSPS) is 11.5. The summed E-state index contributed by atoms with van der Waals surface area (Å²) in [5.74, 6) is 0.973. The maximum atomic E-state index is 6.19. The van der Waals surface area contributed by atoms with E-state index in [9.17, 15) is 0 Å². The van der Waals surface area contributed by atoms with E-state index in [-0.39, 0.29) is 5.41 Å². The highest BCUT2D eigenvalue weighted by molar-refractivity contribution is 6.21. The molecule has 21 heavy (non-hydrogen) atoms. The van der Waals surface area contributed by atoms with Crippen LogP contribution in [0.3, 0.4) is 0 Å². The average Bonchev–Trinajstić information content (AvgIpc) is 2.56. The molecule has 0 aliphatic carbocycles. The standard InChI is InChI=1S/C18H20Cl2O/c19-13-18(14-20,11-16-7-3-1-4-8-16)15-21-12-17-9-5-2-6-10-17/h1-10H,11-15H2. The van der Waals surface area contributed by atoms with Gasteiger partial charge in [0.15, 0.2) is 0 Å². The summed E-state index contributed by atoms with van der Waals surface area (Å²) >= 11 is 12.4. The van der Waals surface area contributed by atoms with Crippen LogP contribution in [0.2, 0.25) is 0 Å². The van der Waals surface area contributed by atoms with Crippen molar-refractivity contribution in [2.45, 2.75) is 13.0 Å². The molecule has 2 rings (SSSR count). The van der Waals surface area contributed by atoms with E-state index < -0.39 is 0 Å². The first-order valence-electron chi connectivity index (χ1n) is 7.05. The van der Waals surface area contributed by atoms with Gasteiger partial charge in [0.05, 0.1) is 13.2 Å². The van der Waals surface area contributed by atoms with Crippen LogP contribution in [0.4, 0.5) is 0 Å². The Morgan fingerprint density at radius 3 is 1.81 bits per heavy atom. The molecule has 0 N–H and O–H groups in total. The van der Waals surface area contributed by atoms with Crippen LogP contribution in [-0.2, 0) is 17.8 Å². The number of benzene rings is 2. The molecule has 0 saturated carbocycles. The Hall–Kier alpha value is -1.02. The lowest BCUT2D eigenvalue weighted by molar-refractivity contribution is 0.0547. The molecule has 0 aromatic heterocycles. The summed E-state index contributed by atoms with van der Waals surface area (Å²) in [6.07, 6.45) is 0.829. The largest absolute Gasteiger partial charge is 0.376 e. The lowest BCUT2D eigenvalue weighted by Gasteiger charge is -2.29. The van der Waals surface area contributed by atoms with Crippen molar-refractivity contribution in [2.75, 3.05) is 18.4 Å². The van der Waals surface area contributed by atoms with E-state index in [0.717, 1.165) is 12.0 Å². The van der Waals surface area contributed by atoms with Crippen LogP contribution in [0.1, 0.15) is 11.1 Å². The molecule has 0 radical (unpaired) electrons. The molecule has 1 nitrogen and oxygen atoms in total. The van der Waals surface area contributed by atoms with Crippen LogP contribution in [0.25, 0.3) is 0 Å². The van der Waals surface area contributed by atoms with Gasteiger partial charge in [-0.05, 0) is 17.5 Å². The van der Waals surface area contributed by atoms with Crippen LogP contribution in [0, 0.1) is 5.41 Å². The zero-order valence-corrected chi connectivity index (χ0v) is 13.5.